The van der Waals surface area contributed by atoms with E-state index >= 15 is 0 Å². The second-order valence-electron chi connectivity index (χ2n) is 5.24. The van der Waals surface area contributed by atoms with Crippen molar-refractivity contribution in [1.82, 2.24) is 4.90 Å². The van der Waals surface area contributed by atoms with E-state index in [1.54, 1.807) is 0 Å². The van der Waals surface area contributed by atoms with E-state index in [1.165, 1.54) is 18.4 Å². The quantitative estimate of drug-likeness (QED) is 0.765. The molecule has 3 rings (SSSR count). The summed E-state index contributed by atoms with van der Waals surface area (Å²) in [6.45, 7) is 2.74. The highest BCUT2D eigenvalue weighted by Crippen LogP contribution is 2.34. The molecule has 3 nitrogen and oxygen atoms in total. The van der Waals surface area contributed by atoms with Crippen molar-refractivity contribution in [3.63, 3.8) is 0 Å². The lowest BCUT2D eigenvalue weighted by Gasteiger charge is -2.33. The Balaban J connectivity index is 1.72. The van der Waals surface area contributed by atoms with Crippen LogP contribution in [0.2, 0.25) is 0 Å². The van der Waals surface area contributed by atoms with Crippen LogP contribution >= 0.6 is 0 Å². The number of benzene rings is 1. The molecule has 0 aromatic heterocycles. The van der Waals surface area contributed by atoms with Crippen molar-refractivity contribution in [2.45, 2.75) is 31.2 Å². The van der Waals surface area contributed by atoms with Gasteiger partial charge in [0.2, 0.25) is 0 Å². The number of fused-ring (bicyclic) bond motifs is 1. The monoisotopic (exact) mass is 245 g/mol. The first kappa shape index (κ1) is 11.7. The summed E-state index contributed by atoms with van der Waals surface area (Å²) >= 11 is 0. The molecule has 0 saturated carbocycles. The van der Waals surface area contributed by atoms with Crippen LogP contribution in [0.5, 0.6) is 5.75 Å². The van der Waals surface area contributed by atoms with Gasteiger partial charge in [-0.2, -0.15) is 0 Å². The molecule has 0 amide bonds. The SMILES string of the molecule is O=CC1CCCCN1CC1COc2ccccc21. The molecule has 2 aliphatic rings. The Kier molecular flexibility index (Phi) is 3.33. The van der Waals surface area contributed by atoms with Gasteiger partial charge in [0.1, 0.15) is 12.0 Å². The highest BCUT2D eigenvalue weighted by atomic mass is 16.5. The average Bonchev–Trinajstić information content (AvgIpc) is 2.83. The van der Waals surface area contributed by atoms with Gasteiger partial charge in [-0.1, -0.05) is 24.6 Å². The van der Waals surface area contributed by atoms with Gasteiger partial charge in [-0.3, -0.25) is 4.90 Å². The lowest BCUT2D eigenvalue weighted by Crippen LogP contribution is -2.42. The molecule has 1 saturated heterocycles. The highest BCUT2D eigenvalue weighted by Gasteiger charge is 2.29. The van der Waals surface area contributed by atoms with Crippen molar-refractivity contribution in [2.75, 3.05) is 19.7 Å². The molecule has 96 valence electrons. The molecule has 1 aromatic carbocycles. The van der Waals surface area contributed by atoms with Crippen molar-refractivity contribution in [3.05, 3.63) is 29.8 Å². The normalized spacial score (nSPS) is 27.6. The summed E-state index contributed by atoms with van der Waals surface area (Å²) in [4.78, 5) is 13.4. The number of hydrogen-bond acceptors (Lipinski definition) is 3. The van der Waals surface area contributed by atoms with Gasteiger partial charge in [0.25, 0.3) is 0 Å². The molecule has 2 heterocycles. The first-order valence-corrected chi connectivity index (χ1v) is 6.79. The third kappa shape index (κ3) is 2.15. The van der Waals surface area contributed by atoms with Crippen molar-refractivity contribution < 1.29 is 9.53 Å². The topological polar surface area (TPSA) is 29.5 Å². The molecule has 3 heteroatoms. The number of aldehydes is 1. The first-order chi connectivity index (χ1) is 8.88. The van der Waals surface area contributed by atoms with E-state index in [0.717, 1.165) is 38.2 Å². The minimum atomic E-state index is 0.117. The van der Waals surface area contributed by atoms with Crippen LogP contribution in [0.25, 0.3) is 0 Å². The van der Waals surface area contributed by atoms with E-state index in [-0.39, 0.29) is 6.04 Å². The number of carbonyl (C=O) groups is 1. The Bertz CT molecular complexity index is 432. The molecule has 2 unspecified atom stereocenters. The number of nitrogens with zero attached hydrogens (tertiary/aromatic N) is 1. The number of likely N-dealkylation sites (tertiary alicyclic amines) is 1. The lowest BCUT2D eigenvalue weighted by molar-refractivity contribution is -0.113. The fourth-order valence-electron chi connectivity index (χ4n) is 3.06. The number of rotatable bonds is 3. The van der Waals surface area contributed by atoms with E-state index in [9.17, 15) is 4.79 Å². The van der Waals surface area contributed by atoms with Crippen LogP contribution < -0.4 is 4.74 Å². The molecule has 1 aromatic rings. The van der Waals surface area contributed by atoms with Crippen molar-refractivity contribution in [2.24, 2.45) is 0 Å². The summed E-state index contributed by atoms with van der Waals surface area (Å²) in [5.74, 6) is 1.43. The molecule has 1 fully saturated rings. The fourth-order valence-corrected chi connectivity index (χ4v) is 3.06. The van der Waals surface area contributed by atoms with Gasteiger partial charge in [0.05, 0.1) is 12.6 Å². The Hall–Kier alpha value is -1.35. The lowest BCUT2D eigenvalue weighted by atomic mass is 9.97. The number of ether oxygens (including phenoxy) is 1. The molecular formula is C15H19NO2. The van der Waals surface area contributed by atoms with Crippen LogP contribution in [-0.2, 0) is 4.79 Å². The Morgan fingerprint density at radius 2 is 2.22 bits per heavy atom. The van der Waals surface area contributed by atoms with Crippen LogP contribution in [0, 0.1) is 0 Å². The summed E-state index contributed by atoms with van der Waals surface area (Å²) in [5.41, 5.74) is 1.30. The van der Waals surface area contributed by atoms with Crippen LogP contribution in [-0.4, -0.2) is 36.9 Å². The maximum absolute atomic E-state index is 11.1. The van der Waals surface area contributed by atoms with Gasteiger partial charge in [-0.15, -0.1) is 0 Å². The minimum Gasteiger partial charge on any atom is -0.493 e. The summed E-state index contributed by atoms with van der Waals surface area (Å²) in [7, 11) is 0. The van der Waals surface area contributed by atoms with E-state index in [4.69, 9.17) is 4.74 Å². The predicted octanol–water partition coefficient (Wildman–Crippen LogP) is 2.22. The number of piperidine rings is 1. The van der Waals surface area contributed by atoms with Gasteiger partial charge < -0.3 is 9.53 Å². The van der Waals surface area contributed by atoms with Crippen LogP contribution in [0.1, 0.15) is 30.7 Å². The second-order valence-corrected chi connectivity index (χ2v) is 5.24. The fraction of sp³-hybridized carbons (Fsp3) is 0.533. The molecule has 2 aliphatic heterocycles. The standard InChI is InChI=1S/C15H19NO2/c17-10-13-5-3-4-8-16(13)9-12-11-18-15-7-2-1-6-14(12)15/h1-2,6-7,10,12-13H,3-5,8-9,11H2. The van der Waals surface area contributed by atoms with Gasteiger partial charge >= 0.3 is 0 Å². The molecule has 0 spiro atoms. The smallest absolute Gasteiger partial charge is 0.137 e. The molecule has 0 N–H and O–H groups in total. The van der Waals surface area contributed by atoms with Crippen LogP contribution in [0.3, 0.4) is 0 Å². The van der Waals surface area contributed by atoms with Crippen LogP contribution in [0.4, 0.5) is 0 Å². The van der Waals surface area contributed by atoms with E-state index in [1.807, 2.05) is 12.1 Å². The maximum Gasteiger partial charge on any atom is 0.137 e. The minimum absolute atomic E-state index is 0.117. The molecule has 0 radical (unpaired) electrons. The first-order valence-electron chi connectivity index (χ1n) is 6.79. The zero-order chi connectivity index (χ0) is 12.4. The molecule has 2 atom stereocenters. The third-order valence-electron chi connectivity index (χ3n) is 4.08. The summed E-state index contributed by atoms with van der Waals surface area (Å²) in [6.07, 6.45) is 4.51. The highest BCUT2D eigenvalue weighted by molar-refractivity contribution is 5.57. The Morgan fingerprint density at radius 3 is 3.11 bits per heavy atom. The number of carbonyl (C=O) groups excluding carboxylic acids is 1. The zero-order valence-corrected chi connectivity index (χ0v) is 10.5. The number of para-hydroxylation sites is 1. The summed E-state index contributed by atoms with van der Waals surface area (Å²) in [6, 6.07) is 8.37. The van der Waals surface area contributed by atoms with E-state index in [0.29, 0.717) is 5.92 Å². The van der Waals surface area contributed by atoms with Gasteiger partial charge in [0, 0.05) is 18.0 Å². The van der Waals surface area contributed by atoms with E-state index < -0.39 is 0 Å². The molecule has 0 aliphatic carbocycles. The van der Waals surface area contributed by atoms with Gasteiger partial charge in [0.15, 0.2) is 0 Å². The molecule has 0 bridgehead atoms. The van der Waals surface area contributed by atoms with E-state index in [2.05, 4.69) is 17.0 Å². The molecule has 18 heavy (non-hydrogen) atoms. The second kappa shape index (κ2) is 5.11. The molecular weight excluding hydrogens is 226 g/mol. The number of hydrogen-bond donors (Lipinski definition) is 0. The third-order valence-corrected chi connectivity index (χ3v) is 4.08. The van der Waals surface area contributed by atoms with Crippen molar-refractivity contribution in [3.8, 4) is 5.75 Å². The maximum atomic E-state index is 11.1. The van der Waals surface area contributed by atoms with Crippen molar-refractivity contribution >= 4 is 6.29 Å². The largest absolute Gasteiger partial charge is 0.493 e. The zero-order valence-electron chi connectivity index (χ0n) is 10.5. The van der Waals surface area contributed by atoms with Crippen molar-refractivity contribution in [1.29, 1.82) is 0 Å². The Morgan fingerprint density at radius 1 is 1.33 bits per heavy atom. The summed E-state index contributed by atoms with van der Waals surface area (Å²) < 4.78 is 5.71. The van der Waals surface area contributed by atoms with Gasteiger partial charge in [-0.25, -0.2) is 0 Å². The average molecular weight is 245 g/mol. The Labute approximate surface area is 108 Å². The summed E-state index contributed by atoms with van der Waals surface area (Å²) in [5, 5.41) is 0. The predicted molar refractivity (Wildman–Crippen MR) is 70.0 cm³/mol. The van der Waals surface area contributed by atoms with Gasteiger partial charge in [-0.05, 0) is 25.5 Å². The van der Waals surface area contributed by atoms with Crippen LogP contribution in [0.15, 0.2) is 24.3 Å².